The van der Waals surface area contributed by atoms with E-state index < -0.39 is 11.4 Å². The highest BCUT2D eigenvalue weighted by Crippen LogP contribution is 2.50. The lowest BCUT2D eigenvalue weighted by Crippen LogP contribution is -2.44. The molecule has 128 valence electrons. The number of hydrogen-bond donors (Lipinski definition) is 3. The number of nitrogens with zero attached hydrogens (tertiary/aromatic N) is 1. The van der Waals surface area contributed by atoms with E-state index in [1.165, 1.54) is 0 Å². The van der Waals surface area contributed by atoms with Crippen LogP contribution in [0.4, 0.5) is 0 Å². The molecule has 6 nitrogen and oxygen atoms in total. The largest absolute Gasteiger partial charge is 0.481 e. The number of aromatic nitrogens is 2. The van der Waals surface area contributed by atoms with E-state index in [1.54, 1.807) is 11.3 Å². The normalized spacial score (nSPS) is 29.0. The van der Waals surface area contributed by atoms with Gasteiger partial charge in [-0.05, 0) is 37.1 Å². The molecule has 1 saturated heterocycles. The van der Waals surface area contributed by atoms with Gasteiger partial charge >= 0.3 is 5.97 Å². The van der Waals surface area contributed by atoms with Crippen molar-refractivity contribution in [2.45, 2.75) is 37.8 Å². The Labute approximate surface area is 144 Å². The van der Waals surface area contributed by atoms with Crippen LogP contribution in [-0.2, 0) is 16.1 Å². The molecule has 2 atom stereocenters. The first-order valence-corrected chi connectivity index (χ1v) is 9.20. The van der Waals surface area contributed by atoms with E-state index in [0.717, 1.165) is 36.1 Å². The van der Waals surface area contributed by atoms with Gasteiger partial charge in [-0.15, -0.1) is 0 Å². The first-order valence-electron chi connectivity index (χ1n) is 8.26. The maximum absolute atomic E-state index is 11.6. The summed E-state index contributed by atoms with van der Waals surface area (Å²) in [6.45, 7) is 1.71. The monoisotopic (exact) mass is 347 g/mol. The van der Waals surface area contributed by atoms with Crippen LogP contribution < -0.4 is 5.32 Å². The lowest BCUT2D eigenvalue weighted by atomic mass is 9.70. The van der Waals surface area contributed by atoms with Crippen LogP contribution in [0.2, 0.25) is 0 Å². The van der Waals surface area contributed by atoms with Crippen LogP contribution >= 0.6 is 11.3 Å². The van der Waals surface area contributed by atoms with Gasteiger partial charge in [0, 0.05) is 29.6 Å². The number of aliphatic carboxylic acids is 1. The zero-order valence-electron chi connectivity index (χ0n) is 13.4. The van der Waals surface area contributed by atoms with Crippen LogP contribution in [0.5, 0.6) is 0 Å². The van der Waals surface area contributed by atoms with Crippen molar-refractivity contribution in [3.8, 4) is 11.3 Å². The Kier molecular flexibility index (Phi) is 3.94. The third-order valence-electron chi connectivity index (χ3n) is 5.35. The minimum Gasteiger partial charge on any atom is -0.481 e. The van der Waals surface area contributed by atoms with Gasteiger partial charge in [-0.3, -0.25) is 9.89 Å². The van der Waals surface area contributed by atoms with E-state index in [9.17, 15) is 9.90 Å². The van der Waals surface area contributed by atoms with Crippen LogP contribution in [0.25, 0.3) is 11.3 Å². The summed E-state index contributed by atoms with van der Waals surface area (Å²) in [6, 6.07) is 2.07. The van der Waals surface area contributed by atoms with Crippen molar-refractivity contribution < 1.29 is 14.6 Å². The van der Waals surface area contributed by atoms with E-state index >= 15 is 0 Å². The van der Waals surface area contributed by atoms with E-state index in [1.807, 2.05) is 11.6 Å². The molecule has 2 aliphatic rings. The maximum Gasteiger partial charge on any atom is 0.312 e. The number of H-pyrrole nitrogens is 1. The standard InChI is InChI=1S/C17H21N3O3S/c21-15(22)16-3-1-4-17(9-16,23-11-16)10-18-6-13-7-19-20-14(13)12-2-5-24-8-12/h2,5,7-8,18H,1,3-4,6,9-11H2,(H,19,20)(H,21,22). The van der Waals surface area contributed by atoms with E-state index in [2.05, 4.69) is 27.0 Å². The van der Waals surface area contributed by atoms with Crippen molar-refractivity contribution in [1.82, 2.24) is 15.5 Å². The Morgan fingerprint density at radius 3 is 3.21 bits per heavy atom. The summed E-state index contributed by atoms with van der Waals surface area (Å²) in [6.07, 6.45) is 5.03. The lowest BCUT2D eigenvalue weighted by Gasteiger charge is -2.35. The SMILES string of the molecule is O=C(O)C12CCCC(CNCc3cn[nH]c3-c3ccsc3)(C1)OC2. The predicted octanol–water partition coefficient (Wildman–Crippen LogP) is 2.64. The summed E-state index contributed by atoms with van der Waals surface area (Å²) in [5.74, 6) is -0.710. The number of fused-ring (bicyclic) bond motifs is 2. The number of aromatic amines is 1. The van der Waals surface area contributed by atoms with Gasteiger partial charge in [-0.25, -0.2) is 0 Å². The van der Waals surface area contributed by atoms with E-state index in [-0.39, 0.29) is 5.60 Å². The topological polar surface area (TPSA) is 87.2 Å². The number of carbonyl (C=O) groups is 1. The second-order valence-electron chi connectivity index (χ2n) is 6.97. The van der Waals surface area contributed by atoms with Crippen LogP contribution in [-0.4, -0.2) is 40.0 Å². The molecular weight excluding hydrogens is 326 g/mol. The maximum atomic E-state index is 11.6. The number of rotatable bonds is 6. The summed E-state index contributed by atoms with van der Waals surface area (Å²) in [5.41, 5.74) is 2.30. The molecule has 2 unspecified atom stereocenters. The Morgan fingerprint density at radius 2 is 2.42 bits per heavy atom. The second kappa shape index (κ2) is 5.98. The zero-order valence-corrected chi connectivity index (χ0v) is 14.2. The third-order valence-corrected chi connectivity index (χ3v) is 6.03. The van der Waals surface area contributed by atoms with Gasteiger partial charge in [0.05, 0.1) is 29.5 Å². The van der Waals surface area contributed by atoms with E-state index in [4.69, 9.17) is 4.74 Å². The fourth-order valence-corrected chi connectivity index (χ4v) is 4.70. The number of hydrogen-bond acceptors (Lipinski definition) is 5. The van der Waals surface area contributed by atoms with Crippen molar-refractivity contribution in [1.29, 1.82) is 0 Å². The number of ether oxygens (including phenoxy) is 1. The number of thiophene rings is 1. The molecule has 1 aliphatic carbocycles. The Bertz CT molecular complexity index is 729. The summed E-state index contributed by atoms with van der Waals surface area (Å²) < 4.78 is 5.99. The van der Waals surface area contributed by atoms with Gasteiger partial charge in [-0.1, -0.05) is 0 Å². The summed E-state index contributed by atoms with van der Waals surface area (Å²) in [5, 5.41) is 24.3. The molecule has 1 saturated carbocycles. The average Bonchev–Trinajstić information content (AvgIpc) is 3.28. The van der Waals surface area contributed by atoms with Gasteiger partial charge in [0.1, 0.15) is 0 Å². The van der Waals surface area contributed by atoms with Crippen molar-refractivity contribution in [3.05, 3.63) is 28.6 Å². The molecule has 3 N–H and O–H groups in total. The van der Waals surface area contributed by atoms with Gasteiger partial charge in [0.15, 0.2) is 0 Å². The van der Waals surface area contributed by atoms with Gasteiger partial charge in [0.25, 0.3) is 0 Å². The number of carboxylic acids is 1. The quantitative estimate of drug-likeness (QED) is 0.748. The average molecular weight is 347 g/mol. The molecule has 0 radical (unpaired) electrons. The summed E-state index contributed by atoms with van der Waals surface area (Å²) in [4.78, 5) is 11.6. The van der Waals surface area contributed by atoms with Crippen LogP contribution in [0, 0.1) is 5.41 Å². The van der Waals surface area contributed by atoms with Crippen molar-refractivity contribution in [3.63, 3.8) is 0 Å². The molecule has 0 amide bonds. The molecule has 2 aromatic heterocycles. The van der Waals surface area contributed by atoms with E-state index in [0.29, 0.717) is 26.1 Å². The zero-order chi connectivity index (χ0) is 16.6. The highest BCUT2D eigenvalue weighted by molar-refractivity contribution is 7.08. The van der Waals surface area contributed by atoms with Crippen molar-refractivity contribution in [2.24, 2.45) is 5.41 Å². The highest BCUT2D eigenvalue weighted by atomic mass is 32.1. The molecule has 1 aliphatic heterocycles. The first kappa shape index (κ1) is 15.8. The predicted molar refractivity (Wildman–Crippen MR) is 90.8 cm³/mol. The number of nitrogens with one attached hydrogen (secondary N) is 2. The molecule has 0 spiro atoms. The van der Waals surface area contributed by atoms with Gasteiger partial charge < -0.3 is 15.2 Å². The van der Waals surface area contributed by atoms with Gasteiger partial charge in [-0.2, -0.15) is 16.4 Å². The Hall–Kier alpha value is -1.70. The smallest absolute Gasteiger partial charge is 0.312 e. The van der Waals surface area contributed by atoms with Gasteiger partial charge in [0.2, 0.25) is 0 Å². The molecule has 2 aromatic rings. The molecule has 24 heavy (non-hydrogen) atoms. The minimum atomic E-state index is -0.710. The summed E-state index contributed by atoms with van der Waals surface area (Å²) >= 11 is 1.66. The van der Waals surface area contributed by atoms with Crippen LogP contribution in [0.3, 0.4) is 0 Å². The molecule has 4 rings (SSSR count). The fraction of sp³-hybridized carbons (Fsp3) is 0.529. The fourth-order valence-electron chi connectivity index (χ4n) is 4.05. The molecule has 2 bridgehead atoms. The first-order chi connectivity index (χ1) is 11.6. The highest BCUT2D eigenvalue weighted by Gasteiger charge is 2.56. The van der Waals surface area contributed by atoms with Crippen molar-refractivity contribution in [2.75, 3.05) is 13.2 Å². The lowest BCUT2D eigenvalue weighted by molar-refractivity contribution is -0.149. The van der Waals surface area contributed by atoms with Crippen LogP contribution in [0.1, 0.15) is 31.2 Å². The Morgan fingerprint density at radius 1 is 1.50 bits per heavy atom. The number of carboxylic acid groups (broad SMARTS) is 1. The Balaban J connectivity index is 1.40. The van der Waals surface area contributed by atoms with Crippen molar-refractivity contribution >= 4 is 17.3 Å². The second-order valence-corrected chi connectivity index (χ2v) is 7.75. The molecule has 2 fully saturated rings. The molecule has 0 aromatic carbocycles. The molecule has 7 heteroatoms. The molecular formula is C17H21N3O3S. The van der Waals surface area contributed by atoms with Crippen LogP contribution in [0.15, 0.2) is 23.0 Å². The minimum absolute atomic E-state index is 0.330. The summed E-state index contributed by atoms with van der Waals surface area (Å²) in [7, 11) is 0. The molecule has 3 heterocycles. The third kappa shape index (κ3) is 2.66.